The number of anilines is 2. The lowest BCUT2D eigenvalue weighted by molar-refractivity contribution is -0.128. The molecule has 1 amide bonds. The van der Waals surface area contributed by atoms with Gasteiger partial charge in [-0.3, -0.25) is 15.2 Å². The Morgan fingerprint density at radius 3 is 2.27 bits per heavy atom. The molecule has 55 heavy (non-hydrogen) atoms. The molecule has 0 aliphatic carbocycles. The molecule has 0 spiro atoms. The Kier molecular flexibility index (Phi) is 8.59. The predicted octanol–water partition coefficient (Wildman–Crippen LogP) is 7.48. The van der Waals surface area contributed by atoms with Crippen LogP contribution in [0, 0.1) is 5.41 Å². The third-order valence-corrected chi connectivity index (χ3v) is 11.8. The second-order valence-electron chi connectivity index (χ2n) is 16.7. The van der Waals surface area contributed by atoms with Crippen LogP contribution in [0.25, 0.3) is 16.7 Å². The molecule has 0 saturated carbocycles. The first-order valence-corrected chi connectivity index (χ1v) is 19.4. The van der Waals surface area contributed by atoms with Crippen LogP contribution in [0.2, 0.25) is 0 Å². The largest absolute Gasteiger partial charge is 0.461 e. The van der Waals surface area contributed by atoms with Gasteiger partial charge in [0.25, 0.3) is 0 Å². The van der Waals surface area contributed by atoms with Crippen LogP contribution in [-0.4, -0.2) is 49.2 Å². The topological polar surface area (TPSA) is 74.1 Å². The number of hydrazine groups is 1. The number of carbonyl (C=O) groups is 2. The average Bonchev–Trinajstić information content (AvgIpc) is 3.45. The SMILES string of the molecule is CCN1c2cc3c(cc2C(C)=CC1(C)C)C(c1ccccc1C(=O)OCC1(C)CN(c2ccccc2)NC1=O)=c1cc2c(cc1O3)=[N+](CC)C(C)(C)C=C2C. The summed E-state index contributed by atoms with van der Waals surface area (Å²) in [6.07, 6.45) is 4.66. The number of hydrogen-bond acceptors (Lipinski definition) is 6. The fourth-order valence-corrected chi connectivity index (χ4v) is 9.25. The Morgan fingerprint density at radius 1 is 0.836 bits per heavy atom. The number of esters is 1. The van der Waals surface area contributed by atoms with Crippen LogP contribution in [0.4, 0.5) is 11.4 Å². The van der Waals surface area contributed by atoms with E-state index in [1.54, 1.807) is 0 Å². The van der Waals surface area contributed by atoms with Crippen LogP contribution in [0.15, 0.2) is 91.0 Å². The second-order valence-corrected chi connectivity index (χ2v) is 16.7. The van der Waals surface area contributed by atoms with Crippen molar-refractivity contribution in [2.24, 2.45) is 5.41 Å². The number of rotatable bonds is 7. The van der Waals surface area contributed by atoms with E-state index >= 15 is 0 Å². The van der Waals surface area contributed by atoms with E-state index in [-0.39, 0.29) is 23.6 Å². The van der Waals surface area contributed by atoms with E-state index in [9.17, 15) is 9.59 Å². The van der Waals surface area contributed by atoms with Gasteiger partial charge in [-0.25, -0.2) is 9.37 Å². The zero-order chi connectivity index (χ0) is 39.0. The zero-order valence-electron chi connectivity index (χ0n) is 33.5. The van der Waals surface area contributed by atoms with Crippen molar-refractivity contribution in [1.82, 2.24) is 10.0 Å². The van der Waals surface area contributed by atoms with Crippen molar-refractivity contribution >= 4 is 40.0 Å². The highest BCUT2D eigenvalue weighted by Crippen LogP contribution is 2.47. The minimum atomic E-state index is -0.935. The molecule has 0 bridgehead atoms. The summed E-state index contributed by atoms with van der Waals surface area (Å²) in [6.45, 7) is 21.5. The quantitative estimate of drug-likeness (QED) is 0.138. The monoisotopic (exact) mass is 735 g/mol. The number of fused-ring (bicyclic) bond motifs is 4. The molecule has 0 aromatic heterocycles. The van der Waals surface area contributed by atoms with Crippen molar-refractivity contribution in [2.75, 3.05) is 36.1 Å². The molecule has 1 atom stereocenters. The number of nitrogens with zero attached hydrogens (tertiary/aromatic N) is 3. The fraction of sp³-hybridized carbons (Fsp3) is 0.340. The standard InChI is InChI=1S/C47H50N4O4/c1-10-49-38-23-40-36(21-34(38)29(3)25-45(49,5)6)42(37-22-35-30(4)26-46(7,8)50(11-2)39(35)24-41(37)55-40)32-19-15-16-20-33(32)43(52)54-28-47(9)27-51(48-44(47)53)31-17-13-12-14-18-31/h12-26H,10-11,27-28H2,1-9H3/p+1. The van der Waals surface area contributed by atoms with Crippen LogP contribution in [0.5, 0.6) is 11.5 Å². The fourth-order valence-electron chi connectivity index (χ4n) is 9.25. The molecular formula is C47H51N4O4+. The first kappa shape index (κ1) is 36.4. The van der Waals surface area contributed by atoms with Crippen LogP contribution >= 0.6 is 0 Å². The van der Waals surface area contributed by atoms with E-state index in [0.717, 1.165) is 74.4 Å². The highest BCUT2D eigenvalue weighted by molar-refractivity contribution is 6.00. The van der Waals surface area contributed by atoms with E-state index in [2.05, 4.69) is 107 Å². The van der Waals surface area contributed by atoms with Crippen molar-refractivity contribution < 1.29 is 19.1 Å². The number of benzene rings is 4. The minimum absolute atomic E-state index is 0.0682. The number of likely N-dealkylation sites (N-methyl/N-ethyl adjacent to an activating group) is 2. The third-order valence-electron chi connectivity index (χ3n) is 11.8. The Balaban J connectivity index is 1.29. The first-order valence-electron chi connectivity index (χ1n) is 19.4. The third kappa shape index (κ3) is 5.94. The lowest BCUT2D eigenvalue weighted by atomic mass is 9.83. The number of allylic oxidation sites excluding steroid dienone is 2. The summed E-state index contributed by atoms with van der Waals surface area (Å²) in [5.41, 5.74) is 11.4. The maximum atomic E-state index is 14.3. The smallest absolute Gasteiger partial charge is 0.338 e. The van der Waals surface area contributed by atoms with Gasteiger partial charge in [-0.1, -0.05) is 42.5 Å². The van der Waals surface area contributed by atoms with Crippen molar-refractivity contribution in [3.8, 4) is 11.5 Å². The molecule has 8 nitrogen and oxygen atoms in total. The van der Waals surface area contributed by atoms with E-state index in [1.165, 1.54) is 11.1 Å². The molecule has 8 heteroatoms. The van der Waals surface area contributed by atoms with Gasteiger partial charge in [-0.15, -0.1) is 0 Å². The summed E-state index contributed by atoms with van der Waals surface area (Å²) in [6, 6.07) is 26.2. The minimum Gasteiger partial charge on any atom is -0.461 e. The van der Waals surface area contributed by atoms with Crippen LogP contribution in [0.3, 0.4) is 0 Å². The van der Waals surface area contributed by atoms with E-state index in [1.807, 2.05) is 66.5 Å². The van der Waals surface area contributed by atoms with Crippen LogP contribution in [-0.2, 0) is 9.53 Å². The van der Waals surface area contributed by atoms with Crippen LogP contribution in [0.1, 0.15) is 94.9 Å². The first-order chi connectivity index (χ1) is 26.2. The number of nitrogens with one attached hydrogen (secondary N) is 1. The number of para-hydroxylation sites is 1. The van der Waals surface area contributed by atoms with Crippen LogP contribution < -0.4 is 35.2 Å². The van der Waals surface area contributed by atoms with Crippen molar-refractivity contribution in [3.05, 3.63) is 129 Å². The van der Waals surface area contributed by atoms with Gasteiger partial charge in [0.15, 0.2) is 5.54 Å². The molecule has 4 heterocycles. The Labute approximate surface area is 324 Å². The van der Waals surface area contributed by atoms with Gasteiger partial charge in [0, 0.05) is 59.6 Å². The van der Waals surface area contributed by atoms with Gasteiger partial charge in [0.1, 0.15) is 30.1 Å². The number of amides is 1. The normalized spacial score (nSPS) is 20.3. The summed E-state index contributed by atoms with van der Waals surface area (Å²) < 4.78 is 15.5. The lowest BCUT2D eigenvalue weighted by Crippen LogP contribution is -2.49. The predicted molar refractivity (Wildman–Crippen MR) is 221 cm³/mol. The molecule has 282 valence electrons. The van der Waals surface area contributed by atoms with Gasteiger partial charge in [0.05, 0.1) is 29.4 Å². The molecule has 0 radical (unpaired) electrons. The van der Waals surface area contributed by atoms with Crippen molar-refractivity contribution in [2.45, 2.75) is 73.4 Å². The zero-order valence-corrected chi connectivity index (χ0v) is 33.5. The molecule has 8 rings (SSSR count). The second kappa shape index (κ2) is 13.0. The molecule has 1 N–H and O–H groups in total. The molecule has 4 aromatic rings. The maximum absolute atomic E-state index is 14.3. The Bertz CT molecular complexity index is 2480. The van der Waals surface area contributed by atoms with E-state index < -0.39 is 11.4 Å². The summed E-state index contributed by atoms with van der Waals surface area (Å²) in [4.78, 5) is 30.0. The molecule has 4 aliphatic rings. The molecule has 4 aliphatic heterocycles. The molecule has 1 fully saturated rings. The van der Waals surface area contributed by atoms with Crippen molar-refractivity contribution in [1.29, 1.82) is 0 Å². The highest BCUT2D eigenvalue weighted by Gasteiger charge is 2.44. The summed E-state index contributed by atoms with van der Waals surface area (Å²) >= 11 is 0. The lowest BCUT2D eigenvalue weighted by Gasteiger charge is -2.43. The molecular weight excluding hydrogens is 685 g/mol. The summed E-state index contributed by atoms with van der Waals surface area (Å²) in [5, 5.41) is 3.86. The van der Waals surface area contributed by atoms with Gasteiger partial charge in [-0.2, -0.15) is 0 Å². The Morgan fingerprint density at radius 2 is 1.55 bits per heavy atom. The van der Waals surface area contributed by atoms with E-state index in [4.69, 9.17) is 9.47 Å². The number of carbonyl (C=O) groups excluding carboxylic acids is 2. The summed E-state index contributed by atoms with van der Waals surface area (Å²) in [7, 11) is 0. The number of ether oxygens (including phenoxy) is 2. The maximum Gasteiger partial charge on any atom is 0.338 e. The number of hydrogen-bond donors (Lipinski definition) is 1. The van der Waals surface area contributed by atoms with Crippen molar-refractivity contribution in [3.63, 3.8) is 0 Å². The van der Waals surface area contributed by atoms with E-state index in [0.29, 0.717) is 12.1 Å². The molecule has 4 aromatic carbocycles. The van der Waals surface area contributed by atoms with Gasteiger partial charge >= 0.3 is 5.97 Å². The molecule has 1 unspecified atom stereocenters. The Hall–Kier alpha value is -5.63. The van der Waals surface area contributed by atoms with Gasteiger partial charge < -0.3 is 14.4 Å². The van der Waals surface area contributed by atoms with Gasteiger partial charge in [0.2, 0.25) is 11.3 Å². The highest BCUT2D eigenvalue weighted by atomic mass is 16.5. The average molecular weight is 736 g/mol. The van der Waals surface area contributed by atoms with Gasteiger partial charge in [-0.05, 0) is 102 Å². The molecule has 1 saturated heterocycles. The summed E-state index contributed by atoms with van der Waals surface area (Å²) in [5.74, 6) is 0.824.